The zero-order valence-electron chi connectivity index (χ0n) is 16.9. The summed E-state index contributed by atoms with van der Waals surface area (Å²) in [5.74, 6) is 0.185. The molecule has 28 heavy (non-hydrogen) atoms. The molecule has 1 unspecified atom stereocenters. The summed E-state index contributed by atoms with van der Waals surface area (Å²) in [7, 11) is 0. The second-order valence-corrected chi connectivity index (χ2v) is 9.40. The maximum Gasteiger partial charge on any atom is 0.0659 e. The molecule has 1 aromatic heterocycles. The van der Waals surface area contributed by atoms with Crippen molar-refractivity contribution in [2.45, 2.75) is 76.9 Å². The van der Waals surface area contributed by atoms with Gasteiger partial charge in [0.05, 0.1) is 24.2 Å². The second-order valence-electron chi connectivity index (χ2n) is 8.44. The molecular formula is C23H32NO2SY-. The summed E-state index contributed by atoms with van der Waals surface area (Å²) in [4.78, 5) is 1.34. The van der Waals surface area contributed by atoms with E-state index in [1.807, 2.05) is 6.07 Å². The van der Waals surface area contributed by atoms with Gasteiger partial charge in [-0.05, 0) is 49.9 Å². The first-order valence-electron chi connectivity index (χ1n) is 10.5. The van der Waals surface area contributed by atoms with Crippen molar-refractivity contribution in [1.29, 1.82) is 5.26 Å². The second kappa shape index (κ2) is 11.4. The van der Waals surface area contributed by atoms with Gasteiger partial charge in [-0.25, -0.2) is 6.07 Å². The van der Waals surface area contributed by atoms with Gasteiger partial charge in [-0.15, -0.1) is 10.3 Å². The molecule has 1 aromatic rings. The van der Waals surface area contributed by atoms with Crippen molar-refractivity contribution in [2.75, 3.05) is 0 Å². The van der Waals surface area contributed by atoms with Crippen molar-refractivity contribution < 1.29 is 42.9 Å². The SMILES string of the molecule is CCC1(C(O)C/C=C/[C@@H]2[C@@H](CCCc3cc[c-]s3)[C@H](C#N)C[C@H]2O)CCC1.[Y]. The first-order valence-corrected chi connectivity index (χ1v) is 11.3. The topological polar surface area (TPSA) is 64.2 Å². The molecule has 0 saturated heterocycles. The molecule has 2 N–H and O–H groups in total. The first kappa shape index (κ1) is 24.2. The van der Waals surface area contributed by atoms with E-state index >= 15 is 0 Å². The number of aryl methyl sites for hydroxylation is 1. The molecule has 3 rings (SSSR count). The summed E-state index contributed by atoms with van der Waals surface area (Å²) >= 11 is 1.66. The molecule has 0 aromatic carbocycles. The van der Waals surface area contributed by atoms with Crippen LogP contribution in [0.3, 0.4) is 0 Å². The van der Waals surface area contributed by atoms with Crippen LogP contribution >= 0.6 is 11.3 Å². The van der Waals surface area contributed by atoms with Gasteiger partial charge >= 0.3 is 0 Å². The van der Waals surface area contributed by atoms with Crippen molar-refractivity contribution in [1.82, 2.24) is 0 Å². The third kappa shape index (κ3) is 5.55. The molecule has 1 heterocycles. The van der Waals surface area contributed by atoms with Crippen LogP contribution in [0.5, 0.6) is 0 Å². The monoisotopic (exact) mass is 475 g/mol. The smallest absolute Gasteiger partial charge is 0.0659 e. The summed E-state index contributed by atoms with van der Waals surface area (Å²) in [6.45, 7) is 2.17. The summed E-state index contributed by atoms with van der Waals surface area (Å²) in [5.41, 5.74) is 0.116. The molecule has 2 aliphatic carbocycles. The minimum atomic E-state index is -0.438. The van der Waals surface area contributed by atoms with Gasteiger partial charge < -0.3 is 21.5 Å². The molecule has 0 amide bonds. The Balaban J connectivity index is 0.00000280. The average Bonchev–Trinajstić information content (AvgIpc) is 3.24. The Kier molecular flexibility index (Phi) is 9.84. The van der Waals surface area contributed by atoms with Crippen molar-refractivity contribution >= 4 is 11.3 Å². The predicted molar refractivity (Wildman–Crippen MR) is 109 cm³/mol. The van der Waals surface area contributed by atoms with Crippen molar-refractivity contribution in [3.63, 3.8) is 0 Å². The summed E-state index contributed by atoms with van der Waals surface area (Å²) in [6, 6.07) is 6.49. The van der Waals surface area contributed by atoms with Gasteiger partial charge in [0.1, 0.15) is 0 Å². The fraction of sp³-hybridized carbons (Fsp3) is 0.696. The van der Waals surface area contributed by atoms with E-state index in [-0.39, 0.29) is 62.0 Å². The molecule has 0 aliphatic heterocycles. The van der Waals surface area contributed by atoms with Crippen molar-refractivity contribution in [2.24, 2.45) is 23.2 Å². The largest absolute Gasteiger partial charge is 0.392 e. The quantitative estimate of drug-likeness (QED) is 0.395. The Morgan fingerprint density at radius 1 is 1.46 bits per heavy atom. The molecule has 0 bridgehead atoms. The zero-order valence-corrected chi connectivity index (χ0v) is 20.5. The van der Waals surface area contributed by atoms with E-state index in [1.165, 1.54) is 11.3 Å². The Morgan fingerprint density at radius 3 is 2.82 bits per heavy atom. The van der Waals surface area contributed by atoms with E-state index in [1.54, 1.807) is 11.3 Å². The number of aliphatic hydroxyl groups excluding tert-OH is 2. The number of thiophene rings is 1. The van der Waals surface area contributed by atoms with Crippen LogP contribution in [0.15, 0.2) is 24.3 Å². The van der Waals surface area contributed by atoms with E-state index in [0.717, 1.165) is 38.5 Å². The number of hydrogen-bond donors (Lipinski definition) is 2. The van der Waals surface area contributed by atoms with Crippen LogP contribution in [0.2, 0.25) is 0 Å². The van der Waals surface area contributed by atoms with E-state index in [9.17, 15) is 15.5 Å². The molecule has 1 radical (unpaired) electrons. The minimum Gasteiger partial charge on any atom is -0.392 e. The molecule has 0 spiro atoms. The fourth-order valence-electron chi connectivity index (χ4n) is 5.04. The van der Waals surface area contributed by atoms with Gasteiger partial charge in [0.2, 0.25) is 0 Å². The normalized spacial score (nSPS) is 29.8. The third-order valence-electron chi connectivity index (χ3n) is 7.08. The van der Waals surface area contributed by atoms with Gasteiger partial charge in [0, 0.05) is 38.6 Å². The number of rotatable bonds is 9. The number of aliphatic hydroxyl groups is 2. The van der Waals surface area contributed by atoms with Crippen molar-refractivity contribution in [3.8, 4) is 6.07 Å². The fourth-order valence-corrected chi connectivity index (χ4v) is 5.71. The van der Waals surface area contributed by atoms with Gasteiger partial charge in [0.25, 0.3) is 0 Å². The number of hydrogen-bond acceptors (Lipinski definition) is 4. The van der Waals surface area contributed by atoms with E-state index in [2.05, 4.69) is 36.6 Å². The van der Waals surface area contributed by atoms with Gasteiger partial charge in [-0.3, -0.25) is 0 Å². The molecule has 151 valence electrons. The molecule has 2 fully saturated rings. The van der Waals surface area contributed by atoms with E-state index in [0.29, 0.717) is 12.8 Å². The van der Waals surface area contributed by atoms with Crippen LogP contribution < -0.4 is 0 Å². The number of nitrogens with zero attached hydrogens (tertiary/aromatic N) is 1. The molecule has 2 saturated carbocycles. The summed E-state index contributed by atoms with van der Waals surface area (Å²) in [6.07, 6.45) is 12.2. The van der Waals surface area contributed by atoms with Crippen molar-refractivity contribution in [3.05, 3.63) is 34.5 Å². The predicted octanol–water partition coefficient (Wildman–Crippen LogP) is 4.89. The summed E-state index contributed by atoms with van der Waals surface area (Å²) < 4.78 is 0. The molecule has 5 atom stereocenters. The minimum absolute atomic E-state index is 0. The van der Waals surface area contributed by atoms with Crippen LogP contribution in [0.1, 0.15) is 63.2 Å². The molecular weight excluding hydrogens is 443 g/mol. The third-order valence-corrected chi connectivity index (χ3v) is 7.94. The Morgan fingerprint density at radius 2 is 2.25 bits per heavy atom. The molecule has 3 nitrogen and oxygen atoms in total. The zero-order chi connectivity index (χ0) is 19.3. The first-order chi connectivity index (χ1) is 13.1. The molecule has 2 aliphatic rings. The molecule has 5 heteroatoms. The van der Waals surface area contributed by atoms with E-state index < -0.39 is 6.10 Å². The average molecular weight is 475 g/mol. The Bertz CT molecular complexity index is 645. The van der Waals surface area contributed by atoms with Crippen LogP contribution in [0.25, 0.3) is 0 Å². The van der Waals surface area contributed by atoms with Gasteiger partial charge in [-0.2, -0.15) is 11.3 Å². The number of nitriles is 1. The Labute approximate surface area is 199 Å². The van der Waals surface area contributed by atoms with Crippen LogP contribution in [0.4, 0.5) is 0 Å². The van der Waals surface area contributed by atoms with Gasteiger partial charge in [-0.1, -0.05) is 38.3 Å². The van der Waals surface area contributed by atoms with E-state index in [4.69, 9.17) is 0 Å². The maximum absolute atomic E-state index is 10.6. The van der Waals surface area contributed by atoms with Crippen LogP contribution in [0, 0.1) is 39.9 Å². The van der Waals surface area contributed by atoms with Crippen LogP contribution in [-0.4, -0.2) is 22.4 Å². The van der Waals surface area contributed by atoms with Gasteiger partial charge in [0.15, 0.2) is 0 Å². The maximum atomic E-state index is 10.6. The Hall–Kier alpha value is -0.0461. The standard InChI is InChI=1S/C23H32NO2S.Y/c1-2-23(12-6-13-23)22(26)11-4-10-20-19(17(16-24)15-21(20)25)9-3-7-18-8-5-14-27-18;/h4-5,8,10,17,19-22,25-26H,2-3,6-7,9,11-13,15H2,1H3;/q-1;/b10-4+;/t17-,19-,20+,21+,22?;/m0./s1. The van der Waals surface area contributed by atoms with Crippen LogP contribution in [-0.2, 0) is 39.1 Å². The summed E-state index contributed by atoms with van der Waals surface area (Å²) in [5, 5.41) is 33.7.